The molecule has 19 heavy (non-hydrogen) atoms. The van der Waals surface area contributed by atoms with Crippen molar-refractivity contribution in [3.63, 3.8) is 0 Å². The highest BCUT2D eigenvalue weighted by Gasteiger charge is 2.31. The van der Waals surface area contributed by atoms with Gasteiger partial charge in [0, 0.05) is 0 Å². The van der Waals surface area contributed by atoms with Crippen molar-refractivity contribution in [3.8, 4) is 6.01 Å². The summed E-state index contributed by atoms with van der Waals surface area (Å²) in [5.41, 5.74) is 0.885. The van der Waals surface area contributed by atoms with Crippen molar-refractivity contribution in [1.82, 2.24) is 9.97 Å². The van der Waals surface area contributed by atoms with Crippen LogP contribution < -0.4 is 10.1 Å². The lowest BCUT2D eigenvalue weighted by molar-refractivity contribution is -0.150. The molecule has 1 rings (SSSR count). The summed E-state index contributed by atoms with van der Waals surface area (Å²) in [7, 11) is 0. The molecular weight excluding hydrogens is 263 g/mol. The molecule has 0 atom stereocenters. The minimum absolute atomic E-state index is 0.131. The third-order valence-electron chi connectivity index (χ3n) is 2.15. The Balaban J connectivity index is 2.87. The third kappa shape index (κ3) is 4.72. The molecular formula is C11H14F3N3O2. The molecule has 0 saturated heterocycles. The summed E-state index contributed by atoms with van der Waals surface area (Å²) in [5, 5.41) is 2.16. The van der Waals surface area contributed by atoms with E-state index in [9.17, 15) is 18.0 Å². The molecule has 0 saturated carbocycles. The second kappa shape index (κ2) is 5.85. The molecule has 1 N–H and O–H groups in total. The van der Waals surface area contributed by atoms with Crippen molar-refractivity contribution in [2.75, 3.05) is 11.9 Å². The van der Waals surface area contributed by atoms with Gasteiger partial charge >= 0.3 is 12.2 Å². The van der Waals surface area contributed by atoms with Crippen molar-refractivity contribution in [3.05, 3.63) is 11.4 Å². The predicted octanol–water partition coefficient (Wildman–Crippen LogP) is 2.38. The number of amides is 1. The van der Waals surface area contributed by atoms with Crippen molar-refractivity contribution < 1.29 is 22.7 Å². The van der Waals surface area contributed by atoms with Gasteiger partial charge in [-0.2, -0.15) is 23.1 Å². The van der Waals surface area contributed by atoms with Crippen LogP contribution in [0.15, 0.2) is 0 Å². The molecule has 1 heterocycles. The molecule has 5 nitrogen and oxygen atoms in total. The summed E-state index contributed by atoms with van der Waals surface area (Å²) in [6, 6.07) is 0.131. The van der Waals surface area contributed by atoms with Crippen molar-refractivity contribution in [1.29, 1.82) is 0 Å². The molecule has 0 fully saturated rings. The lowest BCUT2D eigenvalue weighted by Gasteiger charge is -2.12. The highest BCUT2D eigenvalue weighted by atomic mass is 19.4. The molecule has 0 radical (unpaired) electrons. The van der Waals surface area contributed by atoms with E-state index in [1.807, 2.05) is 0 Å². The van der Waals surface area contributed by atoms with Crippen LogP contribution in [0.3, 0.4) is 0 Å². The molecule has 0 aliphatic heterocycles. The molecule has 1 amide bonds. The van der Waals surface area contributed by atoms with Gasteiger partial charge in [0.2, 0.25) is 5.91 Å². The number of hydrogen-bond donors (Lipinski definition) is 1. The molecule has 0 aliphatic carbocycles. The number of halogens is 3. The first-order valence-corrected chi connectivity index (χ1v) is 5.57. The summed E-state index contributed by atoms with van der Waals surface area (Å²) in [4.78, 5) is 19.1. The fourth-order valence-corrected chi connectivity index (χ4v) is 1.43. The van der Waals surface area contributed by atoms with Gasteiger partial charge in [-0.3, -0.25) is 4.79 Å². The number of nitrogens with one attached hydrogen (secondary N) is 1. The quantitative estimate of drug-likeness (QED) is 0.917. The van der Waals surface area contributed by atoms with Gasteiger partial charge in [0.05, 0.1) is 23.7 Å². The van der Waals surface area contributed by atoms with E-state index >= 15 is 0 Å². The zero-order valence-corrected chi connectivity index (χ0v) is 10.8. The Kier molecular flexibility index (Phi) is 4.68. The minimum Gasteiger partial charge on any atom is -0.464 e. The molecule has 0 unspecified atom stereocenters. The first-order valence-electron chi connectivity index (χ1n) is 5.57. The molecule has 0 bridgehead atoms. The van der Waals surface area contributed by atoms with Crippen LogP contribution in [0.1, 0.15) is 24.7 Å². The fourth-order valence-electron chi connectivity index (χ4n) is 1.43. The molecule has 0 spiro atoms. The first kappa shape index (κ1) is 15.2. The average molecular weight is 277 g/mol. The van der Waals surface area contributed by atoms with Crippen LogP contribution >= 0.6 is 0 Å². The van der Waals surface area contributed by atoms with E-state index < -0.39 is 18.5 Å². The van der Waals surface area contributed by atoms with Crippen LogP contribution in [0.2, 0.25) is 0 Å². The number of aromatic nitrogens is 2. The van der Waals surface area contributed by atoms with Crippen LogP contribution in [0.25, 0.3) is 0 Å². The summed E-state index contributed by atoms with van der Waals surface area (Å²) in [5.74, 6) is -1.15. The van der Waals surface area contributed by atoms with Gasteiger partial charge in [0.1, 0.15) is 6.42 Å². The Morgan fingerprint density at radius 1 is 1.26 bits per heavy atom. The lowest BCUT2D eigenvalue weighted by atomic mass is 10.2. The predicted molar refractivity (Wildman–Crippen MR) is 62.0 cm³/mol. The highest BCUT2D eigenvalue weighted by molar-refractivity contribution is 5.92. The Bertz CT molecular complexity index is 452. The molecule has 1 aromatic rings. The van der Waals surface area contributed by atoms with E-state index in [2.05, 4.69) is 15.3 Å². The molecule has 0 aliphatic rings. The SMILES string of the molecule is CCOc1nc(C)c(NC(=O)CC(F)(F)F)c(C)n1. The average Bonchev–Trinajstić information content (AvgIpc) is 2.21. The lowest BCUT2D eigenvalue weighted by Crippen LogP contribution is -2.22. The summed E-state index contributed by atoms with van der Waals surface area (Å²) >= 11 is 0. The smallest absolute Gasteiger partial charge is 0.397 e. The second-order valence-electron chi connectivity index (χ2n) is 3.83. The van der Waals surface area contributed by atoms with Crippen LogP contribution in [-0.2, 0) is 4.79 Å². The van der Waals surface area contributed by atoms with E-state index in [-0.39, 0.29) is 11.7 Å². The van der Waals surface area contributed by atoms with Gasteiger partial charge in [-0.25, -0.2) is 0 Å². The van der Waals surface area contributed by atoms with Crippen LogP contribution in [0.5, 0.6) is 6.01 Å². The Morgan fingerprint density at radius 3 is 2.21 bits per heavy atom. The zero-order valence-electron chi connectivity index (χ0n) is 10.8. The standard InChI is InChI=1S/C11H14F3N3O2/c1-4-19-10-15-6(2)9(7(3)16-10)17-8(18)5-11(12,13)14/h4-5H2,1-3H3,(H,17,18). The monoisotopic (exact) mass is 277 g/mol. The van der Waals surface area contributed by atoms with Crippen molar-refractivity contribution >= 4 is 11.6 Å². The molecule has 8 heteroatoms. The largest absolute Gasteiger partial charge is 0.464 e. The number of aryl methyl sites for hydroxylation is 2. The van der Waals surface area contributed by atoms with E-state index in [1.54, 1.807) is 20.8 Å². The second-order valence-corrected chi connectivity index (χ2v) is 3.83. The zero-order chi connectivity index (χ0) is 14.6. The Morgan fingerprint density at radius 2 is 1.79 bits per heavy atom. The summed E-state index contributed by atoms with van der Waals surface area (Å²) < 4.78 is 41.3. The molecule has 0 aromatic carbocycles. The fraction of sp³-hybridized carbons (Fsp3) is 0.545. The summed E-state index contributed by atoms with van der Waals surface area (Å²) in [6.45, 7) is 5.24. The van der Waals surface area contributed by atoms with Crippen molar-refractivity contribution in [2.24, 2.45) is 0 Å². The third-order valence-corrected chi connectivity index (χ3v) is 2.15. The Hall–Kier alpha value is -1.86. The van der Waals surface area contributed by atoms with Gasteiger partial charge in [0.25, 0.3) is 0 Å². The van der Waals surface area contributed by atoms with E-state index in [0.717, 1.165) is 0 Å². The van der Waals surface area contributed by atoms with Crippen molar-refractivity contribution in [2.45, 2.75) is 33.4 Å². The number of carbonyl (C=O) groups is 1. The van der Waals surface area contributed by atoms with Gasteiger partial charge in [0.15, 0.2) is 0 Å². The maximum Gasteiger partial charge on any atom is 0.397 e. The number of ether oxygens (including phenoxy) is 1. The van der Waals surface area contributed by atoms with Gasteiger partial charge < -0.3 is 10.1 Å². The van der Waals surface area contributed by atoms with Gasteiger partial charge in [-0.1, -0.05) is 0 Å². The van der Waals surface area contributed by atoms with Crippen LogP contribution in [-0.4, -0.2) is 28.7 Å². The number of anilines is 1. The van der Waals surface area contributed by atoms with E-state index in [0.29, 0.717) is 18.0 Å². The number of hydrogen-bond acceptors (Lipinski definition) is 4. The number of nitrogens with zero attached hydrogens (tertiary/aromatic N) is 2. The van der Waals surface area contributed by atoms with E-state index in [1.165, 1.54) is 0 Å². The van der Waals surface area contributed by atoms with Crippen LogP contribution in [0.4, 0.5) is 18.9 Å². The van der Waals surface area contributed by atoms with Gasteiger partial charge in [-0.15, -0.1) is 0 Å². The van der Waals surface area contributed by atoms with Crippen LogP contribution in [0, 0.1) is 13.8 Å². The first-order chi connectivity index (χ1) is 8.73. The number of carbonyl (C=O) groups excluding carboxylic acids is 1. The molecule has 106 valence electrons. The normalized spacial score (nSPS) is 11.3. The van der Waals surface area contributed by atoms with E-state index in [4.69, 9.17) is 4.74 Å². The Labute approximate surface area is 108 Å². The molecule has 1 aromatic heterocycles. The van der Waals surface area contributed by atoms with Gasteiger partial charge in [-0.05, 0) is 20.8 Å². The topological polar surface area (TPSA) is 64.1 Å². The minimum atomic E-state index is -4.54. The highest BCUT2D eigenvalue weighted by Crippen LogP contribution is 2.23. The maximum absolute atomic E-state index is 12.1. The number of alkyl halides is 3. The number of rotatable bonds is 4. The maximum atomic E-state index is 12.1. The summed E-state index contributed by atoms with van der Waals surface area (Å²) in [6.07, 6.45) is -6.09.